The Labute approximate surface area is 405 Å². The van der Waals surface area contributed by atoms with Crippen LogP contribution in [0.1, 0.15) is 39.5 Å². The molecule has 4 heterocycles. The van der Waals surface area contributed by atoms with E-state index in [9.17, 15) is 19.8 Å². The number of aliphatic hydroxyl groups is 2. The number of rotatable bonds is 12. The molecule has 68 heavy (non-hydrogen) atoms. The van der Waals surface area contributed by atoms with Gasteiger partial charge in [0.25, 0.3) is 0 Å². The molecule has 0 aliphatic carbocycles. The van der Waals surface area contributed by atoms with Crippen molar-refractivity contribution in [3.05, 3.63) is 182 Å². The summed E-state index contributed by atoms with van der Waals surface area (Å²) in [7, 11) is 0. The molecule has 0 saturated carbocycles. The zero-order valence-corrected chi connectivity index (χ0v) is 39.5. The average Bonchev–Trinajstić information content (AvgIpc) is 3.93. The summed E-state index contributed by atoms with van der Waals surface area (Å²) >= 11 is 3.08. The number of para-hydroxylation sites is 2. The Balaban J connectivity index is 0.000000170. The highest BCUT2D eigenvalue weighted by Crippen LogP contribution is 2.41. The summed E-state index contributed by atoms with van der Waals surface area (Å²) in [5, 5.41) is 22.5. The van der Waals surface area contributed by atoms with Crippen molar-refractivity contribution in [3.8, 4) is 56.4 Å². The van der Waals surface area contributed by atoms with Crippen LogP contribution in [0.4, 0.5) is 0 Å². The first kappa shape index (κ1) is 46.4. The highest BCUT2D eigenvalue weighted by atomic mass is 32.2. The van der Waals surface area contributed by atoms with Gasteiger partial charge in [0.15, 0.2) is 10.3 Å². The number of thioether (sulfide) groups is 2. The maximum atomic E-state index is 12.0. The summed E-state index contributed by atoms with van der Waals surface area (Å²) in [5.41, 5.74) is 7.93. The lowest BCUT2D eigenvalue weighted by molar-refractivity contribution is -0.167. The van der Waals surface area contributed by atoms with E-state index in [4.69, 9.17) is 19.4 Å². The van der Waals surface area contributed by atoms with E-state index in [1.807, 2.05) is 109 Å². The second-order valence-electron chi connectivity index (χ2n) is 17.6. The Hall–Kier alpha value is -6.70. The SMILES string of the molecule is C[C@@]1(O)CC(=O)O[C@@H](CSc2nc(-c3ccccc3)c(-c3ccccc3)n2-c2ccccc2)C1.C[C@]1(O)CC(=O)O[C@@H](CSc2nc(-c3ccccc3)c(-c3ccccc3)n2-c2ccccc2)C1. The lowest BCUT2D eigenvalue weighted by Crippen LogP contribution is -2.42. The van der Waals surface area contributed by atoms with E-state index in [0.29, 0.717) is 24.3 Å². The van der Waals surface area contributed by atoms with E-state index in [1.54, 1.807) is 13.8 Å². The summed E-state index contributed by atoms with van der Waals surface area (Å²) in [6.45, 7) is 3.38. The van der Waals surface area contributed by atoms with E-state index in [-0.39, 0.29) is 37.0 Å². The number of esters is 2. The molecule has 0 unspecified atom stereocenters. The van der Waals surface area contributed by atoms with E-state index in [0.717, 1.165) is 66.7 Å². The molecule has 12 heteroatoms. The molecule has 8 aromatic rings. The Morgan fingerprint density at radius 2 is 0.779 bits per heavy atom. The van der Waals surface area contributed by atoms with Gasteiger partial charge in [-0.3, -0.25) is 18.7 Å². The van der Waals surface area contributed by atoms with Gasteiger partial charge in [-0.1, -0.05) is 181 Å². The van der Waals surface area contributed by atoms with Crippen molar-refractivity contribution in [2.24, 2.45) is 0 Å². The summed E-state index contributed by atoms with van der Waals surface area (Å²) in [6.07, 6.45) is 0.140. The van der Waals surface area contributed by atoms with Crippen LogP contribution in [0.15, 0.2) is 192 Å². The third-order valence-corrected chi connectivity index (χ3v) is 13.8. The van der Waals surface area contributed by atoms with Gasteiger partial charge in [0.1, 0.15) is 12.2 Å². The van der Waals surface area contributed by atoms with E-state index >= 15 is 0 Å². The zero-order valence-electron chi connectivity index (χ0n) is 37.9. The van der Waals surface area contributed by atoms with Gasteiger partial charge in [0.2, 0.25) is 0 Å². The van der Waals surface area contributed by atoms with Crippen LogP contribution in [0.2, 0.25) is 0 Å². The molecule has 2 fully saturated rings. The van der Waals surface area contributed by atoms with Crippen LogP contribution in [-0.4, -0.2) is 76.2 Å². The predicted octanol–water partition coefficient (Wildman–Crippen LogP) is 11.5. The van der Waals surface area contributed by atoms with Gasteiger partial charge in [-0.25, -0.2) is 9.97 Å². The maximum Gasteiger partial charge on any atom is 0.309 e. The maximum absolute atomic E-state index is 12.0. The second kappa shape index (κ2) is 20.7. The van der Waals surface area contributed by atoms with Crippen molar-refractivity contribution in [1.29, 1.82) is 0 Å². The quantitative estimate of drug-likeness (QED) is 0.0902. The summed E-state index contributed by atoms with van der Waals surface area (Å²) < 4.78 is 15.4. The Morgan fingerprint density at radius 1 is 0.485 bits per heavy atom. The van der Waals surface area contributed by atoms with E-state index in [2.05, 4.69) is 81.9 Å². The lowest BCUT2D eigenvalue weighted by atomic mass is 9.93. The van der Waals surface area contributed by atoms with Gasteiger partial charge >= 0.3 is 11.9 Å². The normalized spacial score (nSPS) is 20.2. The van der Waals surface area contributed by atoms with Gasteiger partial charge in [0.05, 0.1) is 46.8 Å². The zero-order chi connectivity index (χ0) is 47.1. The second-order valence-corrected chi connectivity index (χ2v) is 19.6. The molecule has 2 N–H and O–H groups in total. The molecule has 0 amide bonds. The number of imidazole rings is 2. The summed E-state index contributed by atoms with van der Waals surface area (Å²) in [5.74, 6) is 0.300. The smallest absolute Gasteiger partial charge is 0.309 e. The van der Waals surface area contributed by atoms with Gasteiger partial charge in [-0.2, -0.15) is 0 Å². The van der Waals surface area contributed by atoms with Crippen molar-refractivity contribution in [3.63, 3.8) is 0 Å². The minimum absolute atomic E-state index is 0.0309. The lowest BCUT2D eigenvalue weighted by Gasteiger charge is -2.32. The Bertz CT molecular complexity index is 2750. The standard InChI is InChI=1S/2C28H26N2O3S/c2*1-28(32)17-23(33-24(31)18-28)19-34-27-29-25(20-11-5-2-6-12-20)26(21-13-7-3-8-14-21)30(27)22-15-9-4-10-16-22/h2*2-16,23,32H,17-19H2,1H3/t23-,28+;23-,28-/m11/s1. The summed E-state index contributed by atoms with van der Waals surface area (Å²) in [4.78, 5) is 34.2. The molecule has 0 spiro atoms. The van der Waals surface area contributed by atoms with E-state index in [1.165, 1.54) is 23.5 Å². The van der Waals surface area contributed by atoms with Gasteiger partial charge in [-0.15, -0.1) is 0 Å². The van der Waals surface area contributed by atoms with Crippen molar-refractivity contribution < 1.29 is 29.3 Å². The van der Waals surface area contributed by atoms with Crippen LogP contribution in [0.5, 0.6) is 0 Å². The van der Waals surface area contributed by atoms with Crippen LogP contribution < -0.4 is 0 Å². The molecule has 2 saturated heterocycles. The molecule has 2 aromatic heterocycles. The van der Waals surface area contributed by atoms with Crippen molar-refractivity contribution in [2.45, 2.75) is 73.3 Å². The fourth-order valence-corrected chi connectivity index (χ4v) is 10.8. The third kappa shape index (κ3) is 11.0. The fourth-order valence-electron chi connectivity index (χ4n) is 8.75. The largest absolute Gasteiger partial charge is 0.461 e. The number of hydrogen-bond acceptors (Lipinski definition) is 10. The van der Waals surface area contributed by atoms with Crippen molar-refractivity contribution in [1.82, 2.24) is 19.1 Å². The molecule has 2 aliphatic heterocycles. The van der Waals surface area contributed by atoms with E-state index < -0.39 is 11.2 Å². The molecular formula is C56H52N4O6S2. The van der Waals surface area contributed by atoms with Crippen LogP contribution in [-0.2, 0) is 19.1 Å². The molecule has 10 rings (SSSR count). The number of hydrogen-bond donors (Lipinski definition) is 2. The van der Waals surface area contributed by atoms with Crippen LogP contribution in [0.3, 0.4) is 0 Å². The molecule has 6 aromatic carbocycles. The number of aromatic nitrogens is 4. The first-order valence-corrected chi connectivity index (χ1v) is 24.6. The number of cyclic esters (lactones) is 2. The van der Waals surface area contributed by atoms with Crippen LogP contribution in [0.25, 0.3) is 56.4 Å². The van der Waals surface area contributed by atoms with Crippen LogP contribution in [0, 0.1) is 0 Å². The first-order chi connectivity index (χ1) is 33.0. The number of carbonyl (C=O) groups is 2. The predicted molar refractivity (Wildman–Crippen MR) is 270 cm³/mol. The molecule has 4 atom stereocenters. The third-order valence-electron chi connectivity index (χ3n) is 11.7. The first-order valence-electron chi connectivity index (χ1n) is 22.7. The summed E-state index contributed by atoms with van der Waals surface area (Å²) in [6, 6.07) is 61.2. The highest BCUT2D eigenvalue weighted by Gasteiger charge is 2.38. The Morgan fingerprint density at radius 3 is 1.09 bits per heavy atom. The number of benzene rings is 6. The number of carbonyl (C=O) groups excluding carboxylic acids is 2. The van der Waals surface area contributed by atoms with Gasteiger partial charge < -0.3 is 19.7 Å². The minimum atomic E-state index is -1.04. The van der Waals surface area contributed by atoms with Crippen molar-refractivity contribution in [2.75, 3.05) is 11.5 Å². The average molecular weight is 941 g/mol. The number of ether oxygens (including phenoxy) is 2. The fraction of sp³-hybridized carbons (Fsp3) is 0.214. The molecule has 2 aliphatic rings. The van der Waals surface area contributed by atoms with Gasteiger partial charge in [0, 0.05) is 58.0 Å². The Kier molecular flexibility index (Phi) is 14.1. The minimum Gasteiger partial charge on any atom is -0.461 e. The topological polar surface area (TPSA) is 129 Å². The molecular weight excluding hydrogens is 889 g/mol. The monoisotopic (exact) mass is 940 g/mol. The number of nitrogens with zero attached hydrogens (tertiary/aromatic N) is 4. The molecule has 0 radical (unpaired) electrons. The molecule has 10 nitrogen and oxygen atoms in total. The van der Waals surface area contributed by atoms with Crippen molar-refractivity contribution >= 4 is 35.5 Å². The van der Waals surface area contributed by atoms with Gasteiger partial charge in [-0.05, 0) is 38.1 Å². The molecule has 0 bridgehead atoms. The van der Waals surface area contributed by atoms with Crippen LogP contribution >= 0.6 is 23.5 Å². The highest BCUT2D eigenvalue weighted by molar-refractivity contribution is 7.99. The molecule has 344 valence electrons.